The second kappa shape index (κ2) is 4.68. The molecule has 0 aliphatic rings. The van der Waals surface area contributed by atoms with Crippen molar-refractivity contribution in [3.8, 4) is 0 Å². The first-order valence-electron chi connectivity index (χ1n) is 5.59. The molecule has 2 aromatic carbocycles. The van der Waals surface area contributed by atoms with Crippen LogP contribution in [-0.2, 0) is 27.5 Å². The zero-order chi connectivity index (χ0) is 12.0. The molecule has 3 aromatic rings. The maximum Gasteiger partial charge on any atom is 0.241 e. The molecule has 0 saturated heterocycles. The average Bonchev–Trinajstić information content (AvgIpc) is 2.36. The van der Waals surface area contributed by atoms with Crippen molar-refractivity contribution in [1.82, 2.24) is 4.57 Å². The standard InChI is InChI=1S/C15H12NO.Re/c1-10-7-8-14-13(9-10)11-5-3-4-6-12(11)15(17)16(14)2;/h3-8H,1-2H3;/q-1;. The SMILES string of the molecule is Cc1[c-]c2c3ccccc3c(=O)n(C)c2cc1.[Re]. The molecule has 0 aliphatic carbocycles. The summed E-state index contributed by atoms with van der Waals surface area (Å²) >= 11 is 0. The molecule has 0 aliphatic heterocycles. The van der Waals surface area contributed by atoms with Crippen molar-refractivity contribution in [2.45, 2.75) is 6.92 Å². The van der Waals surface area contributed by atoms with Gasteiger partial charge in [-0.2, -0.15) is 0 Å². The molecule has 1 aromatic heterocycles. The van der Waals surface area contributed by atoms with Crippen molar-refractivity contribution in [2.75, 3.05) is 0 Å². The molecule has 3 heteroatoms. The van der Waals surface area contributed by atoms with Crippen molar-refractivity contribution in [3.63, 3.8) is 0 Å². The minimum atomic E-state index is 0. The normalized spacial score (nSPS) is 10.6. The number of aryl methyl sites for hydroxylation is 2. The Morgan fingerprint density at radius 1 is 1.06 bits per heavy atom. The van der Waals surface area contributed by atoms with Crippen molar-refractivity contribution >= 4 is 21.7 Å². The van der Waals surface area contributed by atoms with E-state index in [-0.39, 0.29) is 26.0 Å². The van der Waals surface area contributed by atoms with E-state index in [1.165, 1.54) is 0 Å². The topological polar surface area (TPSA) is 22.0 Å². The number of nitrogens with zero attached hydrogens (tertiary/aromatic N) is 1. The van der Waals surface area contributed by atoms with E-state index >= 15 is 0 Å². The zero-order valence-corrected chi connectivity index (χ0v) is 12.9. The number of pyridine rings is 1. The molecule has 3 rings (SSSR count). The molecular weight excluding hydrogens is 396 g/mol. The first-order chi connectivity index (χ1) is 8.18. The van der Waals surface area contributed by atoms with Crippen molar-refractivity contribution in [2.24, 2.45) is 7.05 Å². The molecule has 0 unspecified atom stereocenters. The van der Waals surface area contributed by atoms with Gasteiger partial charge in [-0.25, -0.2) is 0 Å². The first-order valence-corrected chi connectivity index (χ1v) is 5.59. The van der Waals surface area contributed by atoms with Gasteiger partial charge in [0.1, 0.15) is 0 Å². The number of benzene rings is 2. The van der Waals surface area contributed by atoms with Gasteiger partial charge in [-0.15, -0.1) is 29.1 Å². The van der Waals surface area contributed by atoms with Crippen LogP contribution in [0.4, 0.5) is 0 Å². The van der Waals surface area contributed by atoms with Gasteiger partial charge in [0.25, 0.3) is 0 Å². The summed E-state index contributed by atoms with van der Waals surface area (Å²) in [5.74, 6) is 0. The van der Waals surface area contributed by atoms with Crippen LogP contribution in [0.15, 0.2) is 41.2 Å². The van der Waals surface area contributed by atoms with Crippen molar-refractivity contribution < 1.29 is 20.4 Å². The Labute approximate surface area is 119 Å². The van der Waals surface area contributed by atoms with Crippen LogP contribution < -0.4 is 5.56 Å². The van der Waals surface area contributed by atoms with Crippen LogP contribution in [0.3, 0.4) is 0 Å². The predicted molar refractivity (Wildman–Crippen MR) is 70.3 cm³/mol. The fourth-order valence-electron chi connectivity index (χ4n) is 2.25. The van der Waals surface area contributed by atoms with Gasteiger partial charge in [0.2, 0.25) is 5.56 Å². The molecule has 0 saturated carbocycles. The molecule has 0 atom stereocenters. The summed E-state index contributed by atoms with van der Waals surface area (Å²) in [6.07, 6.45) is 0. The van der Waals surface area contributed by atoms with Gasteiger partial charge in [0.15, 0.2) is 0 Å². The molecular formula is C15H12NORe-. The Balaban J connectivity index is 0.00000120. The van der Waals surface area contributed by atoms with Gasteiger partial charge in [-0.1, -0.05) is 36.6 Å². The maximum absolute atomic E-state index is 12.2. The smallest absolute Gasteiger partial charge is 0.241 e. The third kappa shape index (κ3) is 1.80. The molecule has 0 amide bonds. The number of rotatable bonds is 0. The number of hydrogen-bond donors (Lipinski definition) is 0. The van der Waals surface area contributed by atoms with Gasteiger partial charge in [0, 0.05) is 32.9 Å². The summed E-state index contributed by atoms with van der Waals surface area (Å²) in [7, 11) is 1.81. The van der Waals surface area contributed by atoms with Crippen LogP contribution in [0.2, 0.25) is 0 Å². The Kier molecular flexibility index (Phi) is 3.39. The van der Waals surface area contributed by atoms with E-state index in [2.05, 4.69) is 6.07 Å². The van der Waals surface area contributed by atoms with Gasteiger partial charge in [-0.3, -0.25) is 4.79 Å². The van der Waals surface area contributed by atoms with Gasteiger partial charge in [0.05, 0.1) is 0 Å². The van der Waals surface area contributed by atoms with Crippen LogP contribution in [0.1, 0.15) is 5.56 Å². The maximum atomic E-state index is 12.2. The first kappa shape index (κ1) is 13.0. The quantitative estimate of drug-likeness (QED) is 0.414. The van der Waals surface area contributed by atoms with Crippen LogP contribution in [-0.4, -0.2) is 4.57 Å². The number of fused-ring (bicyclic) bond motifs is 3. The molecule has 2 nitrogen and oxygen atoms in total. The number of hydrogen-bond acceptors (Lipinski definition) is 1. The second-order valence-electron chi connectivity index (χ2n) is 4.31. The zero-order valence-electron chi connectivity index (χ0n) is 10.2. The summed E-state index contributed by atoms with van der Waals surface area (Å²) in [6, 6.07) is 15.0. The molecule has 18 heavy (non-hydrogen) atoms. The number of aromatic nitrogens is 1. The molecule has 0 bridgehead atoms. The summed E-state index contributed by atoms with van der Waals surface area (Å²) in [5.41, 5.74) is 2.06. The third-order valence-corrected chi connectivity index (χ3v) is 3.16. The molecule has 0 N–H and O–H groups in total. The van der Waals surface area contributed by atoms with Gasteiger partial charge in [-0.05, 0) is 5.52 Å². The molecule has 0 spiro atoms. The van der Waals surface area contributed by atoms with Gasteiger partial charge < -0.3 is 4.57 Å². The van der Waals surface area contributed by atoms with E-state index < -0.39 is 0 Å². The summed E-state index contributed by atoms with van der Waals surface area (Å²) in [6.45, 7) is 2.01. The van der Waals surface area contributed by atoms with Crippen molar-refractivity contribution in [1.29, 1.82) is 0 Å². The Morgan fingerprint density at radius 2 is 1.72 bits per heavy atom. The average molecular weight is 408 g/mol. The Hall–Kier alpha value is -1.43. The molecule has 1 radical (unpaired) electrons. The molecule has 1 heterocycles. The van der Waals surface area contributed by atoms with Crippen LogP contribution in [0.5, 0.6) is 0 Å². The predicted octanol–water partition coefficient (Wildman–Crippen LogP) is 2.80. The van der Waals surface area contributed by atoms with Crippen LogP contribution >= 0.6 is 0 Å². The molecule has 0 fully saturated rings. The largest absolute Gasteiger partial charge is 0.352 e. The minimum absolute atomic E-state index is 0. The fourth-order valence-corrected chi connectivity index (χ4v) is 2.25. The van der Waals surface area contributed by atoms with E-state index in [1.54, 1.807) is 11.6 Å². The van der Waals surface area contributed by atoms with E-state index in [9.17, 15) is 4.79 Å². The summed E-state index contributed by atoms with van der Waals surface area (Å²) < 4.78 is 1.69. The molecule has 91 valence electrons. The van der Waals surface area contributed by atoms with Crippen molar-refractivity contribution in [3.05, 3.63) is 58.4 Å². The van der Waals surface area contributed by atoms with E-state index in [0.29, 0.717) is 0 Å². The Morgan fingerprint density at radius 3 is 2.44 bits per heavy atom. The monoisotopic (exact) mass is 409 g/mol. The van der Waals surface area contributed by atoms with Crippen LogP contribution in [0, 0.1) is 13.0 Å². The summed E-state index contributed by atoms with van der Waals surface area (Å²) in [4.78, 5) is 12.2. The Bertz CT molecular complexity index is 789. The minimum Gasteiger partial charge on any atom is -0.352 e. The van der Waals surface area contributed by atoms with E-state index in [4.69, 9.17) is 0 Å². The third-order valence-electron chi connectivity index (χ3n) is 3.16. The van der Waals surface area contributed by atoms with E-state index in [1.807, 2.05) is 43.3 Å². The van der Waals surface area contributed by atoms with Crippen LogP contribution in [0.25, 0.3) is 21.7 Å². The van der Waals surface area contributed by atoms with E-state index in [0.717, 1.165) is 27.2 Å². The second-order valence-corrected chi connectivity index (χ2v) is 4.31. The fraction of sp³-hybridized carbons (Fsp3) is 0.133. The van der Waals surface area contributed by atoms with Gasteiger partial charge >= 0.3 is 0 Å². The summed E-state index contributed by atoms with van der Waals surface area (Å²) in [5, 5.41) is 2.75.